The monoisotopic (exact) mass is 186 g/mol. The molecule has 0 heterocycles. The minimum atomic E-state index is 0.0550. The van der Waals surface area contributed by atoms with Gasteiger partial charge in [-0.05, 0) is 32.2 Å². The van der Waals surface area contributed by atoms with E-state index in [2.05, 4.69) is 12.2 Å². The lowest BCUT2D eigenvalue weighted by molar-refractivity contribution is -0.119. The van der Waals surface area contributed by atoms with Gasteiger partial charge in [0.05, 0.1) is 0 Å². The molecule has 0 aliphatic rings. The Morgan fingerprint density at radius 2 is 2.00 bits per heavy atom. The van der Waals surface area contributed by atoms with Crippen molar-refractivity contribution in [2.75, 3.05) is 6.54 Å². The lowest BCUT2D eigenvalue weighted by atomic mass is 10.0. The second-order valence-electron chi connectivity index (χ2n) is 3.87. The Hall–Kier alpha value is -0.570. The Labute approximate surface area is 81.1 Å². The molecule has 0 saturated carbocycles. The van der Waals surface area contributed by atoms with Crippen molar-refractivity contribution >= 4 is 5.91 Å². The van der Waals surface area contributed by atoms with E-state index in [0.717, 1.165) is 25.8 Å². The molecule has 0 saturated heterocycles. The zero-order valence-corrected chi connectivity index (χ0v) is 8.97. The van der Waals surface area contributed by atoms with Gasteiger partial charge in [-0.2, -0.15) is 0 Å². The maximum Gasteiger partial charge on any atom is 0.217 e. The van der Waals surface area contributed by atoms with E-state index in [4.69, 9.17) is 5.73 Å². The average Bonchev–Trinajstić information content (AvgIpc) is 2.02. The summed E-state index contributed by atoms with van der Waals surface area (Å²) in [6, 6.07) is 0.294. The molecule has 3 nitrogen and oxygen atoms in total. The second kappa shape index (κ2) is 6.89. The summed E-state index contributed by atoms with van der Waals surface area (Å²) in [6.45, 7) is 6.51. The van der Waals surface area contributed by atoms with Gasteiger partial charge in [0.1, 0.15) is 0 Å². The SMILES string of the molecule is CC(=O)NC(C)CCCC(C)CN. The number of hydrogen-bond donors (Lipinski definition) is 2. The van der Waals surface area contributed by atoms with Gasteiger partial charge in [-0.1, -0.05) is 13.3 Å². The van der Waals surface area contributed by atoms with Crippen LogP contribution in [0.4, 0.5) is 0 Å². The van der Waals surface area contributed by atoms with E-state index in [-0.39, 0.29) is 5.91 Å². The smallest absolute Gasteiger partial charge is 0.217 e. The molecule has 13 heavy (non-hydrogen) atoms. The van der Waals surface area contributed by atoms with Crippen LogP contribution >= 0.6 is 0 Å². The molecule has 3 heteroatoms. The second-order valence-corrected chi connectivity index (χ2v) is 3.87. The number of carbonyl (C=O) groups is 1. The fourth-order valence-corrected chi connectivity index (χ4v) is 1.31. The van der Waals surface area contributed by atoms with E-state index in [0.29, 0.717) is 12.0 Å². The Balaban J connectivity index is 3.36. The number of amides is 1. The van der Waals surface area contributed by atoms with Crippen molar-refractivity contribution in [2.45, 2.75) is 46.1 Å². The van der Waals surface area contributed by atoms with Crippen LogP contribution in [0.1, 0.15) is 40.0 Å². The number of rotatable bonds is 6. The molecule has 0 aromatic heterocycles. The quantitative estimate of drug-likeness (QED) is 0.656. The van der Waals surface area contributed by atoms with E-state index in [1.165, 1.54) is 0 Å². The van der Waals surface area contributed by atoms with Gasteiger partial charge in [-0.15, -0.1) is 0 Å². The topological polar surface area (TPSA) is 55.1 Å². The molecule has 0 aliphatic carbocycles. The third-order valence-corrected chi connectivity index (χ3v) is 2.19. The number of hydrogen-bond acceptors (Lipinski definition) is 2. The summed E-state index contributed by atoms with van der Waals surface area (Å²) in [7, 11) is 0. The van der Waals surface area contributed by atoms with Crippen molar-refractivity contribution in [3.63, 3.8) is 0 Å². The predicted molar refractivity (Wildman–Crippen MR) is 55.3 cm³/mol. The molecule has 0 radical (unpaired) electrons. The fourth-order valence-electron chi connectivity index (χ4n) is 1.31. The first-order chi connectivity index (χ1) is 6.06. The summed E-state index contributed by atoms with van der Waals surface area (Å²) in [5, 5.41) is 2.86. The molecule has 0 rings (SSSR count). The Morgan fingerprint density at radius 1 is 1.38 bits per heavy atom. The minimum Gasteiger partial charge on any atom is -0.354 e. The zero-order valence-electron chi connectivity index (χ0n) is 8.97. The van der Waals surface area contributed by atoms with Crippen molar-refractivity contribution in [3.8, 4) is 0 Å². The normalized spacial score (nSPS) is 15.1. The van der Waals surface area contributed by atoms with Crippen LogP contribution in [0.15, 0.2) is 0 Å². The van der Waals surface area contributed by atoms with Gasteiger partial charge in [-0.3, -0.25) is 4.79 Å². The van der Waals surface area contributed by atoms with Crippen LogP contribution in [0.5, 0.6) is 0 Å². The van der Waals surface area contributed by atoms with Gasteiger partial charge in [0.25, 0.3) is 0 Å². The van der Waals surface area contributed by atoms with Gasteiger partial charge in [0.15, 0.2) is 0 Å². The maximum absolute atomic E-state index is 10.7. The van der Waals surface area contributed by atoms with E-state index < -0.39 is 0 Å². The Morgan fingerprint density at radius 3 is 2.46 bits per heavy atom. The highest BCUT2D eigenvalue weighted by atomic mass is 16.1. The summed E-state index contributed by atoms with van der Waals surface area (Å²) < 4.78 is 0. The molecular weight excluding hydrogens is 164 g/mol. The van der Waals surface area contributed by atoms with Crippen molar-refractivity contribution in [1.82, 2.24) is 5.32 Å². The molecule has 2 atom stereocenters. The molecule has 78 valence electrons. The number of carbonyl (C=O) groups excluding carboxylic acids is 1. The highest BCUT2D eigenvalue weighted by molar-refractivity contribution is 5.73. The lowest BCUT2D eigenvalue weighted by Crippen LogP contribution is -2.30. The third kappa shape index (κ3) is 7.78. The Bertz CT molecular complexity index is 148. The van der Waals surface area contributed by atoms with Crippen LogP contribution < -0.4 is 11.1 Å². The number of nitrogens with one attached hydrogen (secondary N) is 1. The fraction of sp³-hybridized carbons (Fsp3) is 0.900. The predicted octanol–water partition coefficient (Wildman–Crippen LogP) is 1.28. The van der Waals surface area contributed by atoms with Gasteiger partial charge in [0.2, 0.25) is 5.91 Å². The van der Waals surface area contributed by atoms with Crippen LogP contribution in [0.25, 0.3) is 0 Å². The van der Waals surface area contributed by atoms with Gasteiger partial charge < -0.3 is 11.1 Å². The lowest BCUT2D eigenvalue weighted by Gasteiger charge is -2.13. The van der Waals surface area contributed by atoms with Crippen LogP contribution in [0, 0.1) is 5.92 Å². The number of nitrogens with two attached hydrogens (primary N) is 1. The molecule has 0 aromatic rings. The first-order valence-corrected chi connectivity index (χ1v) is 5.03. The molecule has 0 aliphatic heterocycles. The van der Waals surface area contributed by atoms with Crippen LogP contribution in [0.3, 0.4) is 0 Å². The summed E-state index contributed by atoms with van der Waals surface area (Å²) >= 11 is 0. The zero-order chi connectivity index (χ0) is 10.3. The van der Waals surface area contributed by atoms with Crippen LogP contribution in [-0.4, -0.2) is 18.5 Å². The summed E-state index contributed by atoms with van der Waals surface area (Å²) in [5.41, 5.74) is 5.50. The third-order valence-electron chi connectivity index (χ3n) is 2.19. The molecule has 0 bridgehead atoms. The van der Waals surface area contributed by atoms with E-state index in [9.17, 15) is 4.79 Å². The van der Waals surface area contributed by atoms with E-state index in [1.807, 2.05) is 6.92 Å². The first kappa shape index (κ1) is 12.4. The van der Waals surface area contributed by atoms with Gasteiger partial charge in [0, 0.05) is 13.0 Å². The first-order valence-electron chi connectivity index (χ1n) is 5.03. The molecule has 0 spiro atoms. The summed E-state index contributed by atoms with van der Waals surface area (Å²) in [5.74, 6) is 0.656. The van der Waals surface area contributed by atoms with Gasteiger partial charge in [-0.25, -0.2) is 0 Å². The molecule has 0 aromatic carbocycles. The molecule has 0 fully saturated rings. The van der Waals surface area contributed by atoms with Gasteiger partial charge >= 0.3 is 0 Å². The molecule has 3 N–H and O–H groups in total. The Kier molecular flexibility index (Phi) is 6.59. The highest BCUT2D eigenvalue weighted by Crippen LogP contribution is 2.07. The van der Waals surface area contributed by atoms with E-state index >= 15 is 0 Å². The molecular formula is C10H22N2O. The average molecular weight is 186 g/mol. The molecule has 1 amide bonds. The minimum absolute atomic E-state index is 0.0550. The van der Waals surface area contributed by atoms with Crippen molar-refractivity contribution in [1.29, 1.82) is 0 Å². The molecule has 2 unspecified atom stereocenters. The van der Waals surface area contributed by atoms with Crippen LogP contribution in [0.2, 0.25) is 0 Å². The van der Waals surface area contributed by atoms with Crippen molar-refractivity contribution in [2.24, 2.45) is 11.7 Å². The highest BCUT2D eigenvalue weighted by Gasteiger charge is 2.04. The summed E-state index contributed by atoms with van der Waals surface area (Å²) in [4.78, 5) is 10.7. The van der Waals surface area contributed by atoms with Crippen molar-refractivity contribution < 1.29 is 4.79 Å². The largest absolute Gasteiger partial charge is 0.354 e. The standard InChI is InChI=1S/C10H22N2O/c1-8(7-11)5-4-6-9(2)12-10(3)13/h8-9H,4-7,11H2,1-3H3,(H,12,13). The summed E-state index contributed by atoms with van der Waals surface area (Å²) in [6.07, 6.45) is 3.34. The van der Waals surface area contributed by atoms with Crippen LogP contribution in [-0.2, 0) is 4.79 Å². The van der Waals surface area contributed by atoms with Crippen molar-refractivity contribution in [3.05, 3.63) is 0 Å². The maximum atomic E-state index is 10.7. The van der Waals surface area contributed by atoms with E-state index in [1.54, 1.807) is 6.92 Å².